The predicted molar refractivity (Wildman–Crippen MR) is 55.0 cm³/mol. The Balaban J connectivity index is 1.97. The van der Waals surface area contributed by atoms with E-state index in [0.717, 1.165) is 31.6 Å². The first-order valence-electron chi connectivity index (χ1n) is 5.91. The van der Waals surface area contributed by atoms with Gasteiger partial charge in [-0.3, -0.25) is 9.59 Å². The Bertz CT molecular complexity index is 275. The monoisotopic (exact) mass is 210 g/mol. The van der Waals surface area contributed by atoms with Crippen LogP contribution in [0.25, 0.3) is 0 Å². The van der Waals surface area contributed by atoms with Crippen LogP contribution in [0.1, 0.15) is 51.9 Å². The highest BCUT2D eigenvalue weighted by molar-refractivity contribution is 5.97. The van der Waals surface area contributed by atoms with Crippen LogP contribution >= 0.6 is 0 Å². The molecule has 0 aromatic heterocycles. The zero-order valence-electron chi connectivity index (χ0n) is 9.25. The van der Waals surface area contributed by atoms with Gasteiger partial charge in [-0.15, -0.1) is 0 Å². The molecule has 1 aliphatic carbocycles. The molecule has 0 unspecified atom stereocenters. The lowest BCUT2D eigenvalue weighted by Gasteiger charge is -2.33. The fourth-order valence-electron chi connectivity index (χ4n) is 2.90. The van der Waals surface area contributed by atoms with Crippen LogP contribution in [0.4, 0.5) is 0 Å². The molecule has 3 nitrogen and oxygen atoms in total. The van der Waals surface area contributed by atoms with Gasteiger partial charge in [0.25, 0.3) is 0 Å². The van der Waals surface area contributed by atoms with Crippen LogP contribution in [-0.4, -0.2) is 11.9 Å². The maximum atomic E-state index is 11.6. The number of esters is 2. The van der Waals surface area contributed by atoms with Crippen molar-refractivity contribution in [1.82, 2.24) is 0 Å². The molecule has 0 aromatic carbocycles. The smallest absolute Gasteiger partial charge is 0.320 e. The summed E-state index contributed by atoms with van der Waals surface area (Å²) < 4.78 is 4.67. The fourth-order valence-corrected chi connectivity index (χ4v) is 2.90. The predicted octanol–water partition coefficient (Wildman–Crippen LogP) is 2.44. The first-order chi connectivity index (χ1) is 7.16. The normalized spacial score (nSPS) is 35.9. The molecule has 1 saturated heterocycles. The van der Waals surface area contributed by atoms with E-state index in [0.29, 0.717) is 6.42 Å². The molecule has 1 aliphatic heterocycles. The first kappa shape index (κ1) is 10.7. The van der Waals surface area contributed by atoms with Crippen LogP contribution in [-0.2, 0) is 14.3 Å². The summed E-state index contributed by atoms with van der Waals surface area (Å²) in [5.41, 5.74) is -0.429. The summed E-state index contributed by atoms with van der Waals surface area (Å²) in [5.74, 6) is 0.167. The maximum absolute atomic E-state index is 11.6. The molecule has 1 spiro atoms. The molecule has 2 aliphatic rings. The lowest BCUT2D eigenvalue weighted by molar-refractivity contribution is -0.156. The Hall–Kier alpha value is -0.860. The molecule has 0 bridgehead atoms. The minimum absolute atomic E-state index is 0.262. The molecule has 2 fully saturated rings. The number of ether oxygens (including phenoxy) is 1. The molecule has 0 aromatic rings. The third-order valence-electron chi connectivity index (χ3n) is 3.88. The van der Waals surface area contributed by atoms with Crippen molar-refractivity contribution >= 4 is 11.9 Å². The number of cyclic esters (lactones) is 2. The minimum Gasteiger partial charge on any atom is -0.393 e. The van der Waals surface area contributed by atoms with Gasteiger partial charge in [0.1, 0.15) is 0 Å². The second kappa shape index (κ2) is 3.95. The Kier molecular flexibility index (Phi) is 2.81. The molecule has 0 amide bonds. The zero-order valence-corrected chi connectivity index (χ0v) is 9.25. The topological polar surface area (TPSA) is 43.4 Å². The van der Waals surface area contributed by atoms with Crippen molar-refractivity contribution in [1.29, 1.82) is 0 Å². The summed E-state index contributed by atoms with van der Waals surface area (Å²) in [6.07, 6.45) is 6.64. The highest BCUT2D eigenvalue weighted by Crippen LogP contribution is 2.46. The molecular formula is C12H18O3. The molecule has 3 heteroatoms. The van der Waals surface area contributed by atoms with E-state index in [2.05, 4.69) is 11.7 Å². The van der Waals surface area contributed by atoms with E-state index >= 15 is 0 Å². The molecule has 0 N–H and O–H groups in total. The second-order valence-corrected chi connectivity index (χ2v) is 4.95. The highest BCUT2D eigenvalue weighted by Gasteiger charge is 2.50. The van der Waals surface area contributed by atoms with Gasteiger partial charge >= 0.3 is 11.9 Å². The molecule has 0 atom stereocenters. The van der Waals surface area contributed by atoms with E-state index < -0.39 is 5.41 Å². The van der Waals surface area contributed by atoms with Crippen molar-refractivity contribution in [3.8, 4) is 0 Å². The summed E-state index contributed by atoms with van der Waals surface area (Å²) in [6.45, 7) is 2.19. The Morgan fingerprint density at radius 3 is 2.47 bits per heavy atom. The number of carbonyl (C=O) groups is 2. The van der Waals surface area contributed by atoms with Gasteiger partial charge in [-0.05, 0) is 31.6 Å². The van der Waals surface area contributed by atoms with Crippen LogP contribution in [0.2, 0.25) is 0 Å². The molecule has 84 valence electrons. The van der Waals surface area contributed by atoms with Gasteiger partial charge in [-0.25, -0.2) is 0 Å². The van der Waals surface area contributed by atoms with Crippen LogP contribution in [0.15, 0.2) is 0 Å². The number of rotatable bonds is 2. The molecule has 15 heavy (non-hydrogen) atoms. The largest absolute Gasteiger partial charge is 0.393 e. The lowest BCUT2D eigenvalue weighted by Crippen LogP contribution is -2.31. The van der Waals surface area contributed by atoms with Crippen molar-refractivity contribution in [2.75, 3.05) is 0 Å². The minimum atomic E-state index is -0.429. The summed E-state index contributed by atoms with van der Waals surface area (Å²) in [5, 5.41) is 0. The van der Waals surface area contributed by atoms with E-state index in [1.54, 1.807) is 0 Å². The van der Waals surface area contributed by atoms with Crippen LogP contribution < -0.4 is 0 Å². The average Bonchev–Trinajstić information content (AvgIpc) is 2.47. The zero-order chi connectivity index (χ0) is 10.9. The quantitative estimate of drug-likeness (QED) is 0.519. The lowest BCUT2D eigenvalue weighted by atomic mass is 9.69. The van der Waals surface area contributed by atoms with Crippen molar-refractivity contribution in [2.24, 2.45) is 11.3 Å². The third kappa shape index (κ3) is 1.92. The Labute approximate surface area is 90.2 Å². The summed E-state index contributed by atoms with van der Waals surface area (Å²) in [4.78, 5) is 22.7. The van der Waals surface area contributed by atoms with E-state index in [4.69, 9.17) is 0 Å². The maximum Gasteiger partial charge on any atom is 0.320 e. The van der Waals surface area contributed by atoms with Gasteiger partial charge in [-0.1, -0.05) is 19.8 Å². The van der Waals surface area contributed by atoms with Gasteiger partial charge in [0.05, 0.1) is 11.8 Å². The number of hydrogen-bond donors (Lipinski definition) is 0. The third-order valence-corrected chi connectivity index (χ3v) is 3.88. The van der Waals surface area contributed by atoms with Crippen molar-refractivity contribution < 1.29 is 14.3 Å². The van der Waals surface area contributed by atoms with E-state index in [-0.39, 0.29) is 11.9 Å². The van der Waals surface area contributed by atoms with Gasteiger partial charge in [0.2, 0.25) is 0 Å². The summed E-state index contributed by atoms with van der Waals surface area (Å²) in [6, 6.07) is 0. The molecular weight excluding hydrogens is 192 g/mol. The molecule has 1 saturated carbocycles. The number of hydrogen-bond acceptors (Lipinski definition) is 3. The Morgan fingerprint density at radius 1 is 1.33 bits per heavy atom. The van der Waals surface area contributed by atoms with Gasteiger partial charge in [0, 0.05) is 0 Å². The summed E-state index contributed by atoms with van der Waals surface area (Å²) in [7, 11) is 0. The highest BCUT2D eigenvalue weighted by atomic mass is 16.6. The molecule has 0 radical (unpaired) electrons. The van der Waals surface area contributed by atoms with Crippen molar-refractivity contribution in [3.63, 3.8) is 0 Å². The SMILES string of the molecule is CCCC1CCC2(CC1)CC(=O)OC2=O. The van der Waals surface area contributed by atoms with Crippen LogP contribution in [0.5, 0.6) is 0 Å². The van der Waals surface area contributed by atoms with Crippen LogP contribution in [0.3, 0.4) is 0 Å². The van der Waals surface area contributed by atoms with Gasteiger partial charge in [0.15, 0.2) is 0 Å². The second-order valence-electron chi connectivity index (χ2n) is 4.95. The number of carbonyl (C=O) groups excluding carboxylic acids is 2. The first-order valence-corrected chi connectivity index (χ1v) is 5.91. The standard InChI is InChI=1S/C12H18O3/c1-2-3-9-4-6-12(7-5-9)8-10(13)15-11(12)14/h9H,2-8H2,1H3. The van der Waals surface area contributed by atoms with E-state index in [1.165, 1.54) is 12.8 Å². The van der Waals surface area contributed by atoms with Gasteiger partial charge < -0.3 is 4.74 Å². The van der Waals surface area contributed by atoms with Crippen LogP contribution in [0, 0.1) is 11.3 Å². The molecule has 1 heterocycles. The summed E-state index contributed by atoms with van der Waals surface area (Å²) >= 11 is 0. The van der Waals surface area contributed by atoms with E-state index in [9.17, 15) is 9.59 Å². The van der Waals surface area contributed by atoms with Gasteiger partial charge in [-0.2, -0.15) is 0 Å². The van der Waals surface area contributed by atoms with E-state index in [1.807, 2.05) is 0 Å². The fraction of sp³-hybridized carbons (Fsp3) is 0.833. The van der Waals surface area contributed by atoms with Crippen molar-refractivity contribution in [3.05, 3.63) is 0 Å². The molecule has 2 rings (SSSR count). The Morgan fingerprint density at radius 2 is 2.00 bits per heavy atom. The average molecular weight is 210 g/mol. The van der Waals surface area contributed by atoms with Crippen molar-refractivity contribution in [2.45, 2.75) is 51.9 Å².